The summed E-state index contributed by atoms with van der Waals surface area (Å²) in [5.41, 5.74) is 4.21. The molecule has 0 spiro atoms. The van der Waals surface area contributed by atoms with Gasteiger partial charge in [-0.15, -0.1) is 0 Å². The van der Waals surface area contributed by atoms with Crippen LogP contribution in [0.4, 0.5) is 0 Å². The molecule has 2 fully saturated rings. The van der Waals surface area contributed by atoms with Crippen LogP contribution in [-0.2, 0) is 10.2 Å². The van der Waals surface area contributed by atoms with Gasteiger partial charge in [0.1, 0.15) is 0 Å². The number of hydrogen-bond acceptors (Lipinski definition) is 2. The van der Waals surface area contributed by atoms with E-state index >= 15 is 0 Å². The van der Waals surface area contributed by atoms with Gasteiger partial charge >= 0.3 is 0 Å². The van der Waals surface area contributed by atoms with E-state index in [1.54, 1.807) is 0 Å². The van der Waals surface area contributed by atoms with Crippen molar-refractivity contribution in [2.24, 2.45) is 5.41 Å². The fraction of sp³-hybridized carbons (Fsp3) is 0.600. The van der Waals surface area contributed by atoms with Gasteiger partial charge in [0.05, 0.1) is 18.6 Å². The minimum absolute atomic E-state index is 0.0812. The molecule has 0 bridgehead atoms. The van der Waals surface area contributed by atoms with Crippen molar-refractivity contribution in [1.29, 1.82) is 0 Å². The maximum absolute atomic E-state index is 9.72. The summed E-state index contributed by atoms with van der Waals surface area (Å²) in [4.78, 5) is 0. The predicted octanol–water partition coefficient (Wildman–Crippen LogP) is 2.34. The van der Waals surface area contributed by atoms with Gasteiger partial charge in [-0.05, 0) is 37.8 Å². The summed E-state index contributed by atoms with van der Waals surface area (Å²) in [7, 11) is 0. The van der Waals surface area contributed by atoms with Crippen LogP contribution in [0.5, 0.6) is 0 Å². The summed E-state index contributed by atoms with van der Waals surface area (Å²) < 4.78 is 5.50. The van der Waals surface area contributed by atoms with E-state index in [-0.39, 0.29) is 10.8 Å². The molecule has 0 atom stereocenters. The number of ether oxygens (including phenoxy) is 1. The average Bonchev–Trinajstić information content (AvgIpc) is 3.03. The van der Waals surface area contributed by atoms with Gasteiger partial charge in [0, 0.05) is 12.0 Å². The third-order valence-electron chi connectivity index (χ3n) is 4.78. The zero-order valence-corrected chi connectivity index (χ0v) is 10.6. The monoisotopic (exact) mass is 232 g/mol. The Balaban J connectivity index is 2.09. The van der Waals surface area contributed by atoms with Crippen LogP contribution in [0.15, 0.2) is 18.2 Å². The van der Waals surface area contributed by atoms with Crippen LogP contribution in [-0.4, -0.2) is 24.9 Å². The number of hydrogen-bond donors (Lipinski definition) is 1. The molecule has 0 amide bonds. The Morgan fingerprint density at radius 2 is 1.94 bits per heavy atom. The molecule has 1 aliphatic carbocycles. The zero-order chi connectivity index (χ0) is 12.1. The van der Waals surface area contributed by atoms with Gasteiger partial charge < -0.3 is 9.84 Å². The molecule has 2 nitrogen and oxygen atoms in total. The first-order valence-corrected chi connectivity index (χ1v) is 6.40. The fourth-order valence-electron chi connectivity index (χ4n) is 3.24. The van der Waals surface area contributed by atoms with E-state index in [0.29, 0.717) is 6.61 Å². The Labute approximate surface area is 103 Å². The highest BCUT2D eigenvalue weighted by Gasteiger charge is 2.63. The van der Waals surface area contributed by atoms with Crippen molar-refractivity contribution < 1.29 is 9.84 Å². The SMILES string of the molecule is Cc1ccc(C)c(C2(C3(CO)CC3)COC2)c1. The average molecular weight is 232 g/mol. The molecule has 1 aromatic carbocycles. The van der Waals surface area contributed by atoms with Crippen LogP contribution < -0.4 is 0 Å². The van der Waals surface area contributed by atoms with Crippen LogP contribution in [0.1, 0.15) is 29.5 Å². The Hall–Kier alpha value is -0.860. The summed E-state index contributed by atoms with van der Waals surface area (Å²) in [6.07, 6.45) is 2.28. The van der Waals surface area contributed by atoms with Crippen molar-refractivity contribution in [2.75, 3.05) is 19.8 Å². The second-order valence-corrected chi connectivity index (χ2v) is 5.83. The zero-order valence-electron chi connectivity index (χ0n) is 10.6. The van der Waals surface area contributed by atoms with Crippen LogP contribution in [0.2, 0.25) is 0 Å². The molecule has 1 aromatic rings. The molecular weight excluding hydrogens is 212 g/mol. The highest BCUT2D eigenvalue weighted by atomic mass is 16.5. The molecule has 0 radical (unpaired) electrons. The van der Waals surface area contributed by atoms with Crippen molar-refractivity contribution in [2.45, 2.75) is 32.1 Å². The molecule has 0 unspecified atom stereocenters. The van der Waals surface area contributed by atoms with E-state index in [4.69, 9.17) is 4.74 Å². The molecule has 2 aliphatic rings. The van der Waals surface area contributed by atoms with E-state index in [1.807, 2.05) is 0 Å². The minimum Gasteiger partial charge on any atom is -0.396 e. The number of benzene rings is 1. The summed E-state index contributed by atoms with van der Waals surface area (Å²) in [5, 5.41) is 9.72. The number of aliphatic hydroxyl groups is 1. The van der Waals surface area contributed by atoms with Crippen molar-refractivity contribution in [3.05, 3.63) is 34.9 Å². The first kappa shape index (κ1) is 11.2. The van der Waals surface area contributed by atoms with Gasteiger partial charge in [-0.25, -0.2) is 0 Å². The van der Waals surface area contributed by atoms with Gasteiger partial charge in [-0.2, -0.15) is 0 Å². The molecule has 1 saturated heterocycles. The van der Waals surface area contributed by atoms with E-state index in [0.717, 1.165) is 26.1 Å². The number of rotatable bonds is 3. The van der Waals surface area contributed by atoms with Gasteiger partial charge in [0.25, 0.3) is 0 Å². The summed E-state index contributed by atoms with van der Waals surface area (Å²) in [6.45, 7) is 6.15. The van der Waals surface area contributed by atoms with Crippen LogP contribution >= 0.6 is 0 Å². The molecule has 92 valence electrons. The van der Waals surface area contributed by atoms with Crippen LogP contribution in [0.3, 0.4) is 0 Å². The van der Waals surface area contributed by atoms with Gasteiger partial charge in [-0.1, -0.05) is 23.8 Å². The maximum Gasteiger partial charge on any atom is 0.0592 e. The predicted molar refractivity (Wildman–Crippen MR) is 67.2 cm³/mol. The second kappa shape index (κ2) is 3.56. The largest absolute Gasteiger partial charge is 0.396 e. The first-order chi connectivity index (χ1) is 8.13. The van der Waals surface area contributed by atoms with Crippen LogP contribution in [0.25, 0.3) is 0 Å². The Morgan fingerprint density at radius 1 is 1.24 bits per heavy atom. The van der Waals surface area contributed by atoms with Crippen molar-refractivity contribution in [3.8, 4) is 0 Å². The van der Waals surface area contributed by atoms with Crippen molar-refractivity contribution >= 4 is 0 Å². The van der Waals surface area contributed by atoms with E-state index in [2.05, 4.69) is 32.0 Å². The van der Waals surface area contributed by atoms with E-state index in [1.165, 1.54) is 16.7 Å². The normalized spacial score (nSPS) is 24.2. The lowest BCUT2D eigenvalue weighted by molar-refractivity contribution is -0.110. The number of aryl methyl sites for hydroxylation is 2. The van der Waals surface area contributed by atoms with Crippen molar-refractivity contribution in [3.63, 3.8) is 0 Å². The number of aliphatic hydroxyl groups excluding tert-OH is 1. The third kappa shape index (κ3) is 1.40. The molecule has 3 rings (SSSR count). The smallest absolute Gasteiger partial charge is 0.0592 e. The quantitative estimate of drug-likeness (QED) is 0.866. The Kier molecular flexibility index (Phi) is 2.36. The fourth-order valence-corrected chi connectivity index (χ4v) is 3.24. The molecule has 1 saturated carbocycles. The van der Waals surface area contributed by atoms with Crippen molar-refractivity contribution in [1.82, 2.24) is 0 Å². The van der Waals surface area contributed by atoms with Gasteiger partial charge in [0.15, 0.2) is 0 Å². The Morgan fingerprint density at radius 3 is 2.41 bits per heavy atom. The molecule has 0 aromatic heterocycles. The highest BCUT2D eigenvalue weighted by molar-refractivity contribution is 5.42. The molecular formula is C15H20O2. The molecule has 1 heterocycles. The van der Waals surface area contributed by atoms with E-state index < -0.39 is 0 Å². The Bertz CT molecular complexity index is 442. The second-order valence-electron chi connectivity index (χ2n) is 5.83. The molecule has 1 N–H and O–H groups in total. The molecule has 1 aliphatic heterocycles. The summed E-state index contributed by atoms with van der Waals surface area (Å²) >= 11 is 0. The standard InChI is InChI=1S/C15H20O2/c1-11-3-4-12(2)13(7-11)15(9-17-10-15)14(8-16)5-6-14/h3-4,7,16H,5-6,8-10H2,1-2H3. The third-order valence-corrected chi connectivity index (χ3v) is 4.78. The minimum atomic E-state index is 0.0812. The van der Waals surface area contributed by atoms with Gasteiger partial charge in [0.2, 0.25) is 0 Å². The van der Waals surface area contributed by atoms with E-state index in [9.17, 15) is 5.11 Å². The van der Waals surface area contributed by atoms with Crippen LogP contribution in [0, 0.1) is 19.3 Å². The lowest BCUT2D eigenvalue weighted by Gasteiger charge is -2.48. The first-order valence-electron chi connectivity index (χ1n) is 6.40. The van der Waals surface area contributed by atoms with Gasteiger partial charge in [-0.3, -0.25) is 0 Å². The highest BCUT2D eigenvalue weighted by Crippen LogP contribution is 2.62. The lowest BCUT2D eigenvalue weighted by atomic mass is 9.65. The maximum atomic E-state index is 9.72. The lowest BCUT2D eigenvalue weighted by Crippen LogP contribution is -2.55. The summed E-state index contributed by atoms with van der Waals surface area (Å²) in [5.74, 6) is 0. The topological polar surface area (TPSA) is 29.5 Å². The molecule has 17 heavy (non-hydrogen) atoms. The summed E-state index contributed by atoms with van der Waals surface area (Å²) in [6, 6.07) is 6.64. The molecule has 2 heteroatoms.